The van der Waals surface area contributed by atoms with Gasteiger partial charge < -0.3 is 0 Å². The minimum Gasteiger partial charge on any atom is -0.279 e. The lowest BCUT2D eigenvalue weighted by atomic mass is 10.6. The molecule has 0 saturated carbocycles. The molecule has 1 heterocycles. The fourth-order valence-electron chi connectivity index (χ4n) is 0.633. The molecule has 0 aliphatic heterocycles. The second-order valence-electron chi connectivity index (χ2n) is 2.19. The van der Waals surface area contributed by atoms with Gasteiger partial charge in [0.25, 0.3) is 0 Å². The Morgan fingerprint density at radius 2 is 2.31 bits per heavy atom. The summed E-state index contributed by atoms with van der Waals surface area (Å²) in [6.07, 6.45) is 0. The van der Waals surface area contributed by atoms with Gasteiger partial charge in [-0.3, -0.25) is 9.69 Å². The summed E-state index contributed by atoms with van der Waals surface area (Å²) in [4.78, 5) is 14.9. The van der Waals surface area contributed by atoms with Gasteiger partial charge >= 0.3 is 5.91 Å². The largest absolute Gasteiger partial charge is 0.305 e. The van der Waals surface area contributed by atoms with E-state index in [2.05, 4.69) is 36.9 Å². The van der Waals surface area contributed by atoms with Crippen LogP contribution in [0.3, 0.4) is 0 Å². The molecule has 0 spiro atoms. The number of anilines is 1. The SMILES string of the molecule is Cc1nnc(N(C)C(=O)C#CBr)s1. The van der Waals surface area contributed by atoms with E-state index in [4.69, 9.17) is 0 Å². The van der Waals surface area contributed by atoms with Crippen LogP contribution in [0.5, 0.6) is 0 Å². The average Bonchev–Trinajstić information content (AvgIpc) is 2.51. The van der Waals surface area contributed by atoms with Crippen LogP contribution in [-0.4, -0.2) is 23.2 Å². The third-order valence-corrected chi connectivity index (χ3v) is 2.37. The minimum atomic E-state index is -0.312. The minimum absolute atomic E-state index is 0.312. The molecule has 68 valence electrons. The van der Waals surface area contributed by atoms with Crippen molar-refractivity contribution in [1.29, 1.82) is 0 Å². The van der Waals surface area contributed by atoms with Gasteiger partial charge in [0.05, 0.1) is 0 Å². The number of amides is 1. The van der Waals surface area contributed by atoms with E-state index in [0.717, 1.165) is 5.01 Å². The second-order valence-corrected chi connectivity index (χ2v) is 3.74. The molecule has 0 bridgehead atoms. The van der Waals surface area contributed by atoms with Crippen LogP contribution < -0.4 is 4.90 Å². The molecule has 0 aromatic carbocycles. The van der Waals surface area contributed by atoms with Crippen LogP contribution in [-0.2, 0) is 4.79 Å². The Kier molecular flexibility index (Phi) is 3.39. The highest BCUT2D eigenvalue weighted by molar-refractivity contribution is 9.12. The first kappa shape index (κ1) is 10.2. The van der Waals surface area contributed by atoms with E-state index < -0.39 is 0 Å². The summed E-state index contributed by atoms with van der Waals surface area (Å²) < 4.78 is 0. The standard InChI is InChI=1S/C7H6BrN3OS/c1-5-9-10-7(13-5)11(2)6(12)3-4-8/h1-2H3. The van der Waals surface area contributed by atoms with E-state index in [0.29, 0.717) is 5.13 Å². The smallest absolute Gasteiger partial charge is 0.279 e. The molecule has 1 aromatic heterocycles. The van der Waals surface area contributed by atoms with E-state index in [1.54, 1.807) is 7.05 Å². The highest BCUT2D eigenvalue weighted by Gasteiger charge is 2.11. The molecule has 0 N–H and O–H groups in total. The molecule has 0 atom stereocenters. The number of halogens is 1. The highest BCUT2D eigenvalue weighted by Crippen LogP contribution is 2.17. The number of carbonyl (C=O) groups is 1. The highest BCUT2D eigenvalue weighted by atomic mass is 79.9. The fourth-order valence-corrected chi connectivity index (χ4v) is 1.45. The van der Waals surface area contributed by atoms with Crippen molar-refractivity contribution in [2.24, 2.45) is 0 Å². The van der Waals surface area contributed by atoms with Gasteiger partial charge in [-0.25, -0.2) is 0 Å². The number of carbonyl (C=O) groups excluding carboxylic acids is 1. The van der Waals surface area contributed by atoms with Crippen molar-refractivity contribution in [3.05, 3.63) is 5.01 Å². The van der Waals surface area contributed by atoms with E-state index in [1.165, 1.54) is 16.2 Å². The van der Waals surface area contributed by atoms with Gasteiger partial charge in [-0.1, -0.05) is 11.3 Å². The Morgan fingerprint density at radius 1 is 1.62 bits per heavy atom. The normalized spacial score (nSPS) is 8.85. The van der Waals surface area contributed by atoms with E-state index >= 15 is 0 Å². The summed E-state index contributed by atoms with van der Waals surface area (Å²) in [7, 11) is 1.61. The lowest BCUT2D eigenvalue weighted by molar-refractivity contribution is -0.113. The van der Waals surface area contributed by atoms with Gasteiger partial charge in [-0.15, -0.1) is 10.2 Å². The molecular formula is C7H6BrN3OS. The van der Waals surface area contributed by atoms with Crippen LogP contribution in [0.1, 0.15) is 5.01 Å². The van der Waals surface area contributed by atoms with Gasteiger partial charge in [-0.2, -0.15) is 0 Å². The van der Waals surface area contributed by atoms with Gasteiger partial charge in [0.15, 0.2) is 0 Å². The van der Waals surface area contributed by atoms with Crippen LogP contribution in [0.15, 0.2) is 0 Å². The van der Waals surface area contributed by atoms with Gasteiger partial charge in [0.1, 0.15) is 5.01 Å². The molecule has 0 aliphatic carbocycles. The Hall–Kier alpha value is -0.930. The van der Waals surface area contributed by atoms with Crippen molar-refractivity contribution in [2.75, 3.05) is 11.9 Å². The molecule has 6 heteroatoms. The van der Waals surface area contributed by atoms with Gasteiger partial charge in [0.2, 0.25) is 5.13 Å². The zero-order valence-corrected chi connectivity index (χ0v) is 9.44. The first-order valence-corrected chi connectivity index (χ1v) is 4.95. The van der Waals surface area contributed by atoms with Crippen molar-refractivity contribution >= 4 is 38.3 Å². The van der Waals surface area contributed by atoms with E-state index in [1.807, 2.05) is 6.92 Å². The zero-order chi connectivity index (χ0) is 9.84. The van der Waals surface area contributed by atoms with Crippen LogP contribution in [0.4, 0.5) is 5.13 Å². The maximum absolute atomic E-state index is 11.2. The summed E-state index contributed by atoms with van der Waals surface area (Å²) in [6, 6.07) is 0. The molecular weight excluding hydrogens is 254 g/mol. The maximum Gasteiger partial charge on any atom is 0.305 e. The number of hydrogen-bond donors (Lipinski definition) is 0. The lowest BCUT2D eigenvalue weighted by Crippen LogP contribution is -2.24. The Morgan fingerprint density at radius 3 is 2.77 bits per heavy atom. The Labute approximate surface area is 88.1 Å². The summed E-state index contributed by atoms with van der Waals surface area (Å²) in [5, 5.41) is 8.98. The number of nitrogens with zero attached hydrogens (tertiary/aromatic N) is 3. The van der Waals surface area contributed by atoms with Gasteiger partial charge in [0, 0.05) is 28.9 Å². The number of rotatable bonds is 1. The molecule has 0 radical (unpaired) electrons. The van der Waals surface area contributed by atoms with Crippen LogP contribution in [0.25, 0.3) is 0 Å². The van der Waals surface area contributed by atoms with E-state index in [-0.39, 0.29) is 5.91 Å². The van der Waals surface area contributed by atoms with Crippen LogP contribution >= 0.6 is 27.3 Å². The van der Waals surface area contributed by atoms with Crippen molar-refractivity contribution in [3.8, 4) is 10.8 Å². The predicted molar refractivity (Wildman–Crippen MR) is 54.8 cm³/mol. The quantitative estimate of drug-likeness (QED) is 0.712. The van der Waals surface area contributed by atoms with Crippen LogP contribution in [0, 0.1) is 17.7 Å². The Balaban J connectivity index is 2.83. The molecule has 0 fully saturated rings. The summed E-state index contributed by atoms with van der Waals surface area (Å²) in [5.74, 6) is 2.03. The Bertz CT molecular complexity index is 379. The van der Waals surface area contributed by atoms with Crippen molar-refractivity contribution in [3.63, 3.8) is 0 Å². The van der Waals surface area contributed by atoms with Crippen LogP contribution in [0.2, 0.25) is 0 Å². The third-order valence-electron chi connectivity index (χ3n) is 1.26. The zero-order valence-electron chi connectivity index (χ0n) is 7.04. The van der Waals surface area contributed by atoms with Crippen molar-refractivity contribution in [2.45, 2.75) is 6.92 Å². The van der Waals surface area contributed by atoms with Crippen molar-refractivity contribution < 1.29 is 4.79 Å². The second kappa shape index (κ2) is 4.35. The molecule has 0 aliphatic rings. The number of aromatic nitrogens is 2. The molecule has 1 amide bonds. The predicted octanol–water partition coefficient (Wildman–Crippen LogP) is 1.17. The summed E-state index contributed by atoms with van der Waals surface area (Å²) in [5.41, 5.74) is 0. The fraction of sp³-hybridized carbons (Fsp3) is 0.286. The molecule has 1 aromatic rings. The average molecular weight is 260 g/mol. The number of aryl methyl sites for hydroxylation is 1. The first-order valence-electron chi connectivity index (χ1n) is 3.34. The number of hydrogen-bond acceptors (Lipinski definition) is 4. The maximum atomic E-state index is 11.2. The molecule has 13 heavy (non-hydrogen) atoms. The lowest BCUT2D eigenvalue weighted by Gasteiger charge is -2.07. The molecule has 0 saturated heterocycles. The summed E-state index contributed by atoms with van der Waals surface area (Å²) in [6.45, 7) is 1.83. The summed E-state index contributed by atoms with van der Waals surface area (Å²) >= 11 is 4.20. The van der Waals surface area contributed by atoms with Gasteiger partial charge in [-0.05, 0) is 11.8 Å². The third kappa shape index (κ3) is 2.50. The topological polar surface area (TPSA) is 46.1 Å². The molecule has 1 rings (SSSR count). The van der Waals surface area contributed by atoms with E-state index in [9.17, 15) is 4.79 Å². The molecule has 4 nitrogen and oxygen atoms in total. The monoisotopic (exact) mass is 259 g/mol. The van der Waals surface area contributed by atoms with Crippen molar-refractivity contribution in [1.82, 2.24) is 10.2 Å². The first-order chi connectivity index (χ1) is 6.15. The molecule has 0 unspecified atom stereocenters.